The van der Waals surface area contributed by atoms with Gasteiger partial charge >= 0.3 is 5.97 Å². The number of amides is 3. The summed E-state index contributed by atoms with van der Waals surface area (Å²) in [6.45, 7) is 1.36. The molecule has 0 radical (unpaired) electrons. The number of carbonyl (C=O) groups is 4. The first-order valence-corrected chi connectivity index (χ1v) is 14.0. The average molecular weight is 542 g/mol. The van der Waals surface area contributed by atoms with Gasteiger partial charge in [-0.15, -0.1) is 0 Å². The molecule has 2 aromatic rings. The standard InChI is InChI=1S/C27H31N3O7S/c1-18(31)28-20-11-15-23(16-12-20)38(35,36)30(22-7-5-3-4-6-8-22)24-17-25(32)29(26(24)33)21-13-9-19(10-14-21)27(34)37-2/h9-16,22,24H,3-8,17H2,1-2H3,(H,28,31). The van der Waals surface area contributed by atoms with Gasteiger partial charge in [0.25, 0.3) is 5.91 Å². The summed E-state index contributed by atoms with van der Waals surface area (Å²) in [5, 5.41) is 2.61. The van der Waals surface area contributed by atoms with Crippen LogP contribution in [0.3, 0.4) is 0 Å². The molecule has 1 heterocycles. The molecule has 11 heteroatoms. The number of nitrogens with one attached hydrogen (secondary N) is 1. The number of anilines is 2. The van der Waals surface area contributed by atoms with Crippen molar-refractivity contribution in [3.05, 3.63) is 54.1 Å². The lowest BCUT2D eigenvalue weighted by molar-refractivity contribution is -0.122. The third-order valence-corrected chi connectivity index (χ3v) is 8.89. The minimum absolute atomic E-state index is 0.0167. The van der Waals surface area contributed by atoms with E-state index in [1.807, 2.05) is 0 Å². The van der Waals surface area contributed by atoms with Crippen LogP contribution < -0.4 is 10.2 Å². The second-order valence-electron chi connectivity index (χ2n) is 9.51. The maximum atomic E-state index is 14.0. The summed E-state index contributed by atoms with van der Waals surface area (Å²) < 4.78 is 34.0. The van der Waals surface area contributed by atoms with Crippen molar-refractivity contribution in [2.75, 3.05) is 17.3 Å². The lowest BCUT2D eigenvalue weighted by Gasteiger charge is -2.34. The average Bonchev–Trinajstić information content (AvgIpc) is 3.04. The highest BCUT2D eigenvalue weighted by atomic mass is 32.2. The molecule has 2 aliphatic rings. The van der Waals surface area contributed by atoms with Crippen molar-refractivity contribution < 1.29 is 32.3 Å². The molecule has 1 atom stereocenters. The van der Waals surface area contributed by atoms with Gasteiger partial charge in [0.15, 0.2) is 0 Å². The molecule has 1 unspecified atom stereocenters. The van der Waals surface area contributed by atoms with Gasteiger partial charge in [0.05, 0.1) is 29.7 Å². The normalized spacial score (nSPS) is 18.9. The maximum Gasteiger partial charge on any atom is 0.337 e. The minimum Gasteiger partial charge on any atom is -0.465 e. The van der Waals surface area contributed by atoms with E-state index < -0.39 is 39.9 Å². The molecule has 4 rings (SSSR count). The van der Waals surface area contributed by atoms with E-state index in [9.17, 15) is 27.6 Å². The number of carbonyl (C=O) groups excluding carboxylic acids is 4. The lowest BCUT2D eigenvalue weighted by Crippen LogP contribution is -2.50. The molecule has 1 saturated carbocycles. The zero-order valence-electron chi connectivity index (χ0n) is 21.4. The molecule has 2 fully saturated rings. The van der Waals surface area contributed by atoms with E-state index in [1.54, 1.807) is 0 Å². The largest absolute Gasteiger partial charge is 0.465 e. The minimum atomic E-state index is -4.17. The molecule has 202 valence electrons. The molecule has 1 saturated heterocycles. The lowest BCUT2D eigenvalue weighted by atomic mass is 10.1. The highest BCUT2D eigenvalue weighted by molar-refractivity contribution is 7.89. The first kappa shape index (κ1) is 27.5. The predicted molar refractivity (Wildman–Crippen MR) is 140 cm³/mol. The molecule has 3 amide bonds. The van der Waals surface area contributed by atoms with Gasteiger partial charge in [-0.05, 0) is 61.4 Å². The van der Waals surface area contributed by atoms with E-state index in [0.29, 0.717) is 18.5 Å². The van der Waals surface area contributed by atoms with Gasteiger partial charge in [-0.1, -0.05) is 25.7 Å². The van der Waals surface area contributed by atoms with E-state index in [4.69, 9.17) is 4.74 Å². The number of benzene rings is 2. The predicted octanol–water partition coefficient (Wildman–Crippen LogP) is 3.48. The van der Waals surface area contributed by atoms with Gasteiger partial charge in [0.2, 0.25) is 21.8 Å². The smallest absolute Gasteiger partial charge is 0.337 e. The summed E-state index contributed by atoms with van der Waals surface area (Å²) in [5.41, 5.74) is 0.969. The van der Waals surface area contributed by atoms with Crippen molar-refractivity contribution in [3.63, 3.8) is 0 Å². The van der Waals surface area contributed by atoms with E-state index in [2.05, 4.69) is 5.32 Å². The van der Waals surface area contributed by atoms with Crippen LogP contribution in [0, 0.1) is 0 Å². The molecule has 10 nitrogen and oxygen atoms in total. The Morgan fingerprint density at radius 1 is 0.947 bits per heavy atom. The Morgan fingerprint density at radius 2 is 1.55 bits per heavy atom. The first-order valence-electron chi connectivity index (χ1n) is 12.6. The quantitative estimate of drug-likeness (QED) is 0.323. The molecule has 0 bridgehead atoms. The number of esters is 1. The Hall–Kier alpha value is -3.57. The molecule has 1 N–H and O–H groups in total. The Morgan fingerprint density at radius 3 is 2.11 bits per heavy atom. The summed E-state index contributed by atoms with van der Waals surface area (Å²) in [6.07, 6.45) is 4.51. The SMILES string of the molecule is COC(=O)c1ccc(N2C(=O)CC(N(C3CCCCCC3)S(=O)(=O)c3ccc(NC(C)=O)cc3)C2=O)cc1. The number of hydrogen-bond acceptors (Lipinski definition) is 7. The summed E-state index contributed by atoms with van der Waals surface area (Å²) in [7, 11) is -2.91. The number of methoxy groups -OCH3 is 1. The maximum absolute atomic E-state index is 14.0. The fraction of sp³-hybridized carbons (Fsp3) is 0.407. The molecule has 2 aromatic carbocycles. The Balaban J connectivity index is 1.69. The van der Waals surface area contributed by atoms with E-state index >= 15 is 0 Å². The highest BCUT2D eigenvalue weighted by Crippen LogP contribution is 2.35. The number of nitrogens with zero attached hydrogens (tertiary/aromatic N) is 2. The molecule has 1 aliphatic carbocycles. The zero-order valence-corrected chi connectivity index (χ0v) is 22.2. The second-order valence-corrected chi connectivity index (χ2v) is 11.4. The summed E-state index contributed by atoms with van der Waals surface area (Å²) >= 11 is 0. The van der Waals surface area contributed by atoms with Crippen molar-refractivity contribution in [2.24, 2.45) is 0 Å². The van der Waals surface area contributed by atoms with E-state index in [-0.39, 0.29) is 28.5 Å². The highest BCUT2D eigenvalue weighted by Gasteiger charge is 2.49. The van der Waals surface area contributed by atoms with Crippen LogP contribution in [-0.2, 0) is 29.1 Å². The van der Waals surface area contributed by atoms with Crippen molar-refractivity contribution in [1.82, 2.24) is 4.31 Å². The molecule has 0 aromatic heterocycles. The molecule has 1 aliphatic heterocycles. The van der Waals surface area contributed by atoms with Crippen LogP contribution in [-0.4, -0.2) is 55.6 Å². The third-order valence-electron chi connectivity index (χ3n) is 6.91. The van der Waals surface area contributed by atoms with E-state index in [0.717, 1.165) is 30.6 Å². The van der Waals surface area contributed by atoms with Gasteiger partial charge < -0.3 is 10.1 Å². The van der Waals surface area contributed by atoms with Gasteiger partial charge in [0.1, 0.15) is 6.04 Å². The van der Waals surface area contributed by atoms with Crippen LogP contribution in [0.2, 0.25) is 0 Å². The number of ether oxygens (including phenoxy) is 1. The van der Waals surface area contributed by atoms with Crippen LogP contribution in [0.4, 0.5) is 11.4 Å². The van der Waals surface area contributed by atoms with Gasteiger partial charge in [0, 0.05) is 18.7 Å². The number of rotatable bonds is 7. The third kappa shape index (κ3) is 5.63. The Bertz CT molecular complexity index is 1320. The zero-order chi connectivity index (χ0) is 27.4. The van der Waals surface area contributed by atoms with Gasteiger partial charge in [-0.25, -0.2) is 18.1 Å². The van der Waals surface area contributed by atoms with Crippen LogP contribution in [0.5, 0.6) is 0 Å². The van der Waals surface area contributed by atoms with Crippen LogP contribution in [0.15, 0.2) is 53.4 Å². The van der Waals surface area contributed by atoms with Crippen LogP contribution in [0.25, 0.3) is 0 Å². The van der Waals surface area contributed by atoms with Gasteiger partial charge in [-0.3, -0.25) is 14.4 Å². The monoisotopic (exact) mass is 541 g/mol. The van der Waals surface area contributed by atoms with Gasteiger partial charge in [-0.2, -0.15) is 4.31 Å². The Labute approximate surface area is 222 Å². The molecule has 0 spiro atoms. The number of imide groups is 1. The fourth-order valence-electron chi connectivity index (χ4n) is 5.12. The summed E-state index contributed by atoms with van der Waals surface area (Å²) in [6, 6.07) is 10.0. The fourth-order valence-corrected chi connectivity index (χ4v) is 6.94. The molecule has 38 heavy (non-hydrogen) atoms. The van der Waals surface area contributed by atoms with E-state index in [1.165, 1.54) is 66.9 Å². The second kappa shape index (κ2) is 11.4. The summed E-state index contributed by atoms with van der Waals surface area (Å²) in [5.74, 6) is -1.97. The Kier molecular flexibility index (Phi) is 8.27. The number of hydrogen-bond donors (Lipinski definition) is 1. The summed E-state index contributed by atoms with van der Waals surface area (Å²) in [4.78, 5) is 50.9. The van der Waals surface area contributed by atoms with Crippen molar-refractivity contribution >= 4 is 45.1 Å². The van der Waals surface area contributed by atoms with Crippen molar-refractivity contribution in [1.29, 1.82) is 0 Å². The van der Waals surface area contributed by atoms with Crippen LogP contribution >= 0.6 is 0 Å². The molecular weight excluding hydrogens is 510 g/mol. The van der Waals surface area contributed by atoms with Crippen LogP contribution in [0.1, 0.15) is 62.2 Å². The molecular formula is C27H31N3O7S. The topological polar surface area (TPSA) is 130 Å². The van der Waals surface area contributed by atoms with Crippen molar-refractivity contribution in [3.8, 4) is 0 Å². The number of sulfonamides is 1. The first-order chi connectivity index (χ1) is 18.1. The van der Waals surface area contributed by atoms with Crippen molar-refractivity contribution in [2.45, 2.75) is 68.8 Å².